The minimum Gasteiger partial charge on any atom is -0.306 e. The van der Waals surface area contributed by atoms with E-state index in [2.05, 4.69) is 20.9 Å². The molecule has 0 saturated carbocycles. The highest BCUT2D eigenvalue weighted by Gasteiger charge is 2.31. The molecular weight excluding hydrogens is 418 g/mol. The normalized spacial score (nSPS) is 17.0. The summed E-state index contributed by atoms with van der Waals surface area (Å²) < 4.78 is 29.7. The fourth-order valence-electron chi connectivity index (χ4n) is 3.53. The first kappa shape index (κ1) is 17.5. The molecular formula is C18H18BrN3O3S. The molecule has 2 aromatic carbocycles. The number of benzene rings is 2. The van der Waals surface area contributed by atoms with Crippen molar-refractivity contribution < 1.29 is 8.42 Å². The van der Waals surface area contributed by atoms with E-state index in [9.17, 15) is 13.2 Å². The zero-order valence-electron chi connectivity index (χ0n) is 13.9. The minimum absolute atomic E-state index is 0.00461. The highest BCUT2D eigenvalue weighted by molar-refractivity contribution is 9.10. The Kier molecular flexibility index (Phi) is 4.50. The third kappa shape index (κ3) is 3.02. The van der Waals surface area contributed by atoms with Crippen molar-refractivity contribution in [3.8, 4) is 0 Å². The molecule has 1 aliphatic heterocycles. The maximum atomic E-state index is 12.8. The first-order valence-electron chi connectivity index (χ1n) is 8.42. The van der Waals surface area contributed by atoms with Crippen molar-refractivity contribution >= 4 is 37.0 Å². The van der Waals surface area contributed by atoms with Crippen molar-refractivity contribution in [3.63, 3.8) is 0 Å². The van der Waals surface area contributed by atoms with E-state index in [1.165, 1.54) is 4.31 Å². The van der Waals surface area contributed by atoms with Crippen LogP contribution in [0.25, 0.3) is 11.0 Å². The number of imidazole rings is 1. The lowest BCUT2D eigenvalue weighted by molar-refractivity contribution is 0.274. The molecule has 4 rings (SSSR count). The van der Waals surface area contributed by atoms with E-state index in [4.69, 9.17) is 0 Å². The summed E-state index contributed by atoms with van der Waals surface area (Å²) in [5.41, 5.74) is 1.54. The molecule has 1 saturated heterocycles. The molecule has 0 atom stereocenters. The lowest BCUT2D eigenvalue weighted by Crippen LogP contribution is -2.40. The van der Waals surface area contributed by atoms with Gasteiger partial charge in [0, 0.05) is 23.6 Å². The van der Waals surface area contributed by atoms with Crippen LogP contribution in [0.5, 0.6) is 0 Å². The zero-order valence-corrected chi connectivity index (χ0v) is 16.3. The zero-order chi connectivity index (χ0) is 18.3. The number of para-hydroxylation sites is 2. The molecule has 0 spiro atoms. The topological polar surface area (TPSA) is 75.2 Å². The SMILES string of the molecule is O=c1[nH]c2ccccc2n1C1CCN(S(=O)(=O)c2ccc(Br)cc2)CC1. The molecule has 0 aliphatic carbocycles. The van der Waals surface area contributed by atoms with Crippen LogP contribution >= 0.6 is 15.9 Å². The molecule has 1 fully saturated rings. The Labute approximate surface area is 159 Å². The van der Waals surface area contributed by atoms with Crippen LogP contribution in [0, 0.1) is 0 Å². The molecule has 0 radical (unpaired) electrons. The number of nitrogens with zero attached hydrogens (tertiary/aromatic N) is 2. The van der Waals surface area contributed by atoms with E-state index < -0.39 is 10.0 Å². The summed E-state index contributed by atoms with van der Waals surface area (Å²) >= 11 is 3.32. The van der Waals surface area contributed by atoms with Gasteiger partial charge in [-0.2, -0.15) is 4.31 Å². The third-order valence-electron chi connectivity index (χ3n) is 4.86. The van der Waals surface area contributed by atoms with E-state index >= 15 is 0 Å². The van der Waals surface area contributed by atoms with E-state index in [0.29, 0.717) is 30.8 Å². The second-order valence-electron chi connectivity index (χ2n) is 6.41. The van der Waals surface area contributed by atoms with Gasteiger partial charge in [-0.15, -0.1) is 0 Å². The molecule has 1 aliphatic rings. The average molecular weight is 436 g/mol. The van der Waals surface area contributed by atoms with Crippen molar-refractivity contribution in [2.75, 3.05) is 13.1 Å². The van der Waals surface area contributed by atoms with E-state index in [-0.39, 0.29) is 11.7 Å². The van der Waals surface area contributed by atoms with Crippen LogP contribution in [0.15, 0.2) is 62.7 Å². The molecule has 6 nitrogen and oxygen atoms in total. The van der Waals surface area contributed by atoms with Gasteiger partial charge < -0.3 is 4.98 Å². The second-order valence-corrected chi connectivity index (χ2v) is 9.26. The largest absolute Gasteiger partial charge is 0.326 e. The van der Waals surface area contributed by atoms with Crippen LogP contribution in [0.4, 0.5) is 0 Å². The number of halogens is 1. The number of nitrogens with one attached hydrogen (secondary N) is 1. The van der Waals surface area contributed by atoms with E-state index in [0.717, 1.165) is 15.5 Å². The van der Waals surface area contributed by atoms with E-state index in [1.54, 1.807) is 28.8 Å². The summed E-state index contributed by atoms with van der Waals surface area (Å²) in [5, 5.41) is 0. The Bertz CT molecular complexity index is 1090. The van der Waals surface area contributed by atoms with Gasteiger partial charge in [-0.3, -0.25) is 4.57 Å². The molecule has 0 unspecified atom stereocenters. The van der Waals surface area contributed by atoms with Gasteiger partial charge in [0.2, 0.25) is 10.0 Å². The molecule has 1 N–H and O–H groups in total. The van der Waals surface area contributed by atoms with Gasteiger partial charge in [-0.05, 0) is 49.2 Å². The van der Waals surface area contributed by atoms with Crippen LogP contribution in [0.3, 0.4) is 0 Å². The maximum Gasteiger partial charge on any atom is 0.326 e. The number of piperidine rings is 1. The Hall–Kier alpha value is -1.90. The number of fused-ring (bicyclic) bond motifs is 1. The van der Waals surface area contributed by atoms with Crippen LogP contribution in [0.1, 0.15) is 18.9 Å². The molecule has 8 heteroatoms. The maximum absolute atomic E-state index is 12.8. The lowest BCUT2D eigenvalue weighted by Gasteiger charge is -2.31. The highest BCUT2D eigenvalue weighted by atomic mass is 79.9. The molecule has 2 heterocycles. The fraction of sp³-hybridized carbons (Fsp3) is 0.278. The quantitative estimate of drug-likeness (QED) is 0.686. The van der Waals surface area contributed by atoms with Crippen molar-refractivity contribution in [1.29, 1.82) is 0 Å². The Morgan fingerprint density at radius 1 is 1.00 bits per heavy atom. The van der Waals surface area contributed by atoms with Crippen LogP contribution in [0.2, 0.25) is 0 Å². The third-order valence-corrected chi connectivity index (χ3v) is 7.31. The molecule has 0 amide bonds. The number of aromatic amines is 1. The highest BCUT2D eigenvalue weighted by Crippen LogP contribution is 2.28. The van der Waals surface area contributed by atoms with Crippen molar-refractivity contribution in [2.24, 2.45) is 0 Å². The summed E-state index contributed by atoms with van der Waals surface area (Å²) in [5.74, 6) is 0. The number of hydrogen-bond donors (Lipinski definition) is 1. The standard InChI is InChI=1S/C18H18BrN3O3S/c19-13-5-7-15(8-6-13)26(24,25)21-11-9-14(10-12-21)22-17-4-2-1-3-16(17)20-18(22)23/h1-8,14H,9-12H2,(H,20,23). The van der Waals surface area contributed by atoms with Gasteiger partial charge in [0.05, 0.1) is 15.9 Å². The monoisotopic (exact) mass is 435 g/mol. The number of sulfonamides is 1. The Morgan fingerprint density at radius 2 is 1.65 bits per heavy atom. The summed E-state index contributed by atoms with van der Waals surface area (Å²) in [6, 6.07) is 14.2. The smallest absolute Gasteiger partial charge is 0.306 e. The Morgan fingerprint density at radius 3 is 2.35 bits per heavy atom. The number of H-pyrrole nitrogens is 1. The first-order chi connectivity index (χ1) is 12.5. The summed E-state index contributed by atoms with van der Waals surface area (Å²) in [4.78, 5) is 15.5. The van der Waals surface area contributed by atoms with Crippen LogP contribution < -0.4 is 5.69 Å². The van der Waals surface area contributed by atoms with Crippen molar-refractivity contribution in [3.05, 3.63) is 63.5 Å². The van der Waals surface area contributed by atoms with Crippen molar-refractivity contribution in [1.82, 2.24) is 13.9 Å². The molecule has 26 heavy (non-hydrogen) atoms. The Balaban J connectivity index is 1.56. The molecule has 0 bridgehead atoms. The van der Waals surface area contributed by atoms with Crippen molar-refractivity contribution in [2.45, 2.75) is 23.8 Å². The van der Waals surface area contributed by atoms with Gasteiger partial charge >= 0.3 is 5.69 Å². The van der Waals surface area contributed by atoms with Gasteiger partial charge in [-0.25, -0.2) is 13.2 Å². The predicted octanol–water partition coefficient (Wildman–Crippen LogP) is 3.12. The first-order valence-corrected chi connectivity index (χ1v) is 10.6. The van der Waals surface area contributed by atoms with Gasteiger partial charge in [-0.1, -0.05) is 28.1 Å². The molecule has 3 aromatic rings. The van der Waals surface area contributed by atoms with Crippen LogP contribution in [-0.4, -0.2) is 35.4 Å². The summed E-state index contributed by atoms with van der Waals surface area (Å²) in [6.07, 6.45) is 1.22. The van der Waals surface area contributed by atoms with E-state index in [1.807, 2.05) is 24.3 Å². The fourth-order valence-corrected chi connectivity index (χ4v) is 5.27. The average Bonchev–Trinajstić information content (AvgIpc) is 2.98. The summed E-state index contributed by atoms with van der Waals surface area (Å²) in [6.45, 7) is 0.796. The van der Waals surface area contributed by atoms with Gasteiger partial charge in [0.25, 0.3) is 0 Å². The minimum atomic E-state index is -3.51. The molecule has 1 aromatic heterocycles. The van der Waals surface area contributed by atoms with Crippen LogP contribution in [-0.2, 0) is 10.0 Å². The van der Waals surface area contributed by atoms with Gasteiger partial charge in [0.1, 0.15) is 0 Å². The number of hydrogen-bond acceptors (Lipinski definition) is 3. The predicted molar refractivity (Wildman–Crippen MR) is 104 cm³/mol. The lowest BCUT2D eigenvalue weighted by atomic mass is 10.1. The summed E-state index contributed by atoms with van der Waals surface area (Å²) in [7, 11) is -3.51. The second kappa shape index (κ2) is 6.68. The number of aromatic nitrogens is 2. The molecule has 136 valence electrons. The van der Waals surface area contributed by atoms with Gasteiger partial charge in [0.15, 0.2) is 0 Å². The number of rotatable bonds is 3.